The molecule has 1 aromatic carbocycles. The van der Waals surface area contributed by atoms with E-state index in [2.05, 4.69) is 0 Å². The molecule has 2 amide bonds. The monoisotopic (exact) mass is 436 g/mol. The SMILES string of the molecule is O=C(C[C@@H]1CC[C@H]2[C@@H](COC[C@@H](O)CN2C(=O)c2ccc(F)cc2)O1)N1CCOCC1. The zero-order valence-corrected chi connectivity index (χ0v) is 17.5. The predicted octanol–water partition coefficient (Wildman–Crippen LogP) is 0.824. The summed E-state index contributed by atoms with van der Waals surface area (Å²) in [4.78, 5) is 29.2. The Kier molecular flexibility index (Phi) is 7.16. The number of ether oxygens (including phenoxy) is 3. The first kappa shape index (κ1) is 22.1. The molecule has 31 heavy (non-hydrogen) atoms. The normalized spacial score (nSPS) is 29.6. The predicted molar refractivity (Wildman–Crippen MR) is 108 cm³/mol. The Hall–Kier alpha value is -2.07. The number of aliphatic hydroxyl groups is 1. The maximum absolute atomic E-state index is 13.3. The van der Waals surface area contributed by atoms with E-state index >= 15 is 0 Å². The molecule has 1 aromatic rings. The Bertz CT molecular complexity index is 770. The summed E-state index contributed by atoms with van der Waals surface area (Å²) in [6.07, 6.45) is 0.0963. The van der Waals surface area contributed by atoms with Gasteiger partial charge in [0.25, 0.3) is 5.91 Å². The molecule has 0 saturated carbocycles. The van der Waals surface area contributed by atoms with Gasteiger partial charge in [-0.05, 0) is 37.1 Å². The molecule has 3 heterocycles. The minimum atomic E-state index is -0.814. The average molecular weight is 436 g/mol. The van der Waals surface area contributed by atoms with Gasteiger partial charge in [-0.3, -0.25) is 9.59 Å². The number of benzene rings is 1. The maximum Gasteiger partial charge on any atom is 0.254 e. The molecule has 3 aliphatic heterocycles. The van der Waals surface area contributed by atoms with E-state index in [-0.39, 0.29) is 50.1 Å². The van der Waals surface area contributed by atoms with Gasteiger partial charge in [0.05, 0.1) is 51.1 Å². The lowest BCUT2D eigenvalue weighted by Crippen LogP contribution is -2.57. The molecule has 3 aliphatic rings. The van der Waals surface area contributed by atoms with Gasteiger partial charge >= 0.3 is 0 Å². The molecule has 0 radical (unpaired) electrons. The molecule has 8 nitrogen and oxygen atoms in total. The van der Waals surface area contributed by atoms with Crippen molar-refractivity contribution in [3.8, 4) is 0 Å². The van der Waals surface area contributed by atoms with Crippen LogP contribution in [0.15, 0.2) is 24.3 Å². The molecule has 3 fully saturated rings. The van der Waals surface area contributed by atoms with E-state index in [0.717, 1.165) is 0 Å². The number of nitrogens with zero attached hydrogens (tertiary/aromatic N) is 2. The Labute approximate surface area is 180 Å². The molecule has 0 aromatic heterocycles. The summed E-state index contributed by atoms with van der Waals surface area (Å²) in [7, 11) is 0. The molecule has 9 heteroatoms. The summed E-state index contributed by atoms with van der Waals surface area (Å²) >= 11 is 0. The van der Waals surface area contributed by atoms with E-state index in [0.29, 0.717) is 44.7 Å². The fraction of sp³-hybridized carbons (Fsp3) is 0.636. The number of morpholine rings is 1. The molecular formula is C22H29FN2O6. The summed E-state index contributed by atoms with van der Waals surface area (Å²) in [6, 6.07) is 5.10. The van der Waals surface area contributed by atoms with Crippen LogP contribution >= 0.6 is 0 Å². The van der Waals surface area contributed by atoms with Crippen LogP contribution in [0.4, 0.5) is 4.39 Å². The fourth-order valence-electron chi connectivity index (χ4n) is 4.47. The highest BCUT2D eigenvalue weighted by Crippen LogP contribution is 2.29. The van der Waals surface area contributed by atoms with Crippen molar-refractivity contribution in [1.29, 1.82) is 0 Å². The number of amides is 2. The van der Waals surface area contributed by atoms with E-state index in [1.807, 2.05) is 0 Å². The summed E-state index contributed by atoms with van der Waals surface area (Å²) in [5.41, 5.74) is 0.360. The Morgan fingerprint density at radius 2 is 1.81 bits per heavy atom. The molecule has 0 spiro atoms. The van der Waals surface area contributed by atoms with E-state index in [1.165, 1.54) is 24.3 Å². The summed E-state index contributed by atoms with van der Waals surface area (Å²) < 4.78 is 30.4. The minimum Gasteiger partial charge on any atom is -0.389 e. The third kappa shape index (κ3) is 5.41. The van der Waals surface area contributed by atoms with E-state index in [4.69, 9.17) is 14.2 Å². The van der Waals surface area contributed by atoms with Gasteiger partial charge in [0.1, 0.15) is 11.9 Å². The molecular weight excluding hydrogens is 407 g/mol. The number of halogens is 1. The first-order valence-electron chi connectivity index (χ1n) is 10.8. The average Bonchev–Trinajstić information content (AvgIpc) is 2.77. The summed E-state index contributed by atoms with van der Waals surface area (Å²) in [5.74, 6) is -0.639. The van der Waals surface area contributed by atoms with Crippen molar-refractivity contribution in [2.75, 3.05) is 46.1 Å². The van der Waals surface area contributed by atoms with Crippen molar-refractivity contribution in [1.82, 2.24) is 9.80 Å². The van der Waals surface area contributed by atoms with Gasteiger partial charge in [-0.15, -0.1) is 0 Å². The van der Waals surface area contributed by atoms with Crippen LogP contribution in [-0.2, 0) is 19.0 Å². The number of rotatable bonds is 3. The zero-order chi connectivity index (χ0) is 21.8. The second-order valence-corrected chi connectivity index (χ2v) is 8.29. The standard InChI is InChI=1S/C22H29FN2O6/c23-16-3-1-15(2-4-16)22(28)25-12-17(26)13-30-14-20-19(25)6-5-18(31-20)11-21(27)24-7-9-29-10-8-24/h1-4,17-20,26H,5-14H2/t17-,18-,19-,20+/m0/s1. The lowest BCUT2D eigenvalue weighted by atomic mass is 9.94. The Balaban J connectivity index is 1.44. The highest BCUT2D eigenvalue weighted by molar-refractivity contribution is 5.94. The first-order chi connectivity index (χ1) is 15.0. The van der Waals surface area contributed by atoms with Crippen LogP contribution in [0.1, 0.15) is 29.6 Å². The quantitative estimate of drug-likeness (QED) is 0.755. The number of fused-ring (bicyclic) bond motifs is 1. The van der Waals surface area contributed by atoms with Gasteiger partial charge in [0.2, 0.25) is 5.91 Å². The first-order valence-corrected chi connectivity index (χ1v) is 10.8. The van der Waals surface area contributed by atoms with Crippen LogP contribution in [0, 0.1) is 5.82 Å². The smallest absolute Gasteiger partial charge is 0.254 e. The molecule has 0 aliphatic carbocycles. The van der Waals surface area contributed by atoms with Crippen LogP contribution in [0.3, 0.4) is 0 Å². The molecule has 0 bridgehead atoms. The van der Waals surface area contributed by atoms with Crippen LogP contribution in [0.2, 0.25) is 0 Å². The molecule has 4 atom stereocenters. The zero-order valence-electron chi connectivity index (χ0n) is 17.5. The number of hydrogen-bond acceptors (Lipinski definition) is 6. The van der Waals surface area contributed by atoms with Gasteiger partial charge in [-0.1, -0.05) is 0 Å². The Morgan fingerprint density at radius 3 is 2.55 bits per heavy atom. The van der Waals surface area contributed by atoms with Crippen molar-refractivity contribution in [2.24, 2.45) is 0 Å². The molecule has 3 saturated heterocycles. The summed E-state index contributed by atoms with van der Waals surface area (Å²) in [5, 5.41) is 10.2. The lowest BCUT2D eigenvalue weighted by Gasteiger charge is -2.44. The molecule has 1 N–H and O–H groups in total. The lowest BCUT2D eigenvalue weighted by molar-refractivity contribution is -0.156. The van der Waals surface area contributed by atoms with E-state index in [9.17, 15) is 19.1 Å². The van der Waals surface area contributed by atoms with Crippen LogP contribution in [-0.4, -0.2) is 97.1 Å². The number of carbonyl (C=O) groups is 2. The van der Waals surface area contributed by atoms with Crippen molar-refractivity contribution in [2.45, 2.75) is 43.6 Å². The fourth-order valence-corrected chi connectivity index (χ4v) is 4.47. The maximum atomic E-state index is 13.3. The van der Waals surface area contributed by atoms with Crippen LogP contribution in [0.25, 0.3) is 0 Å². The Morgan fingerprint density at radius 1 is 1.06 bits per heavy atom. The summed E-state index contributed by atoms with van der Waals surface area (Å²) in [6.45, 7) is 2.74. The molecule has 170 valence electrons. The van der Waals surface area contributed by atoms with Crippen molar-refractivity contribution in [3.63, 3.8) is 0 Å². The van der Waals surface area contributed by atoms with Crippen LogP contribution < -0.4 is 0 Å². The number of β-amino-alcohol motifs (C(OH)–C–C–N with tert-alkyl or cyclic N) is 1. The molecule has 0 unspecified atom stereocenters. The van der Waals surface area contributed by atoms with Gasteiger partial charge < -0.3 is 29.1 Å². The van der Waals surface area contributed by atoms with Crippen molar-refractivity contribution < 1.29 is 33.3 Å². The molecule has 4 rings (SSSR count). The van der Waals surface area contributed by atoms with Gasteiger partial charge in [0.15, 0.2) is 0 Å². The second kappa shape index (κ2) is 10.0. The van der Waals surface area contributed by atoms with E-state index in [1.54, 1.807) is 9.80 Å². The van der Waals surface area contributed by atoms with E-state index < -0.39 is 18.0 Å². The highest BCUT2D eigenvalue weighted by Gasteiger charge is 2.40. The number of carbonyl (C=O) groups excluding carboxylic acids is 2. The second-order valence-electron chi connectivity index (χ2n) is 8.29. The number of hydrogen-bond donors (Lipinski definition) is 1. The van der Waals surface area contributed by atoms with Crippen LogP contribution in [0.5, 0.6) is 0 Å². The third-order valence-electron chi connectivity index (χ3n) is 6.10. The van der Waals surface area contributed by atoms with Gasteiger partial charge in [0, 0.05) is 25.2 Å². The third-order valence-corrected chi connectivity index (χ3v) is 6.10. The van der Waals surface area contributed by atoms with Crippen molar-refractivity contribution in [3.05, 3.63) is 35.6 Å². The highest BCUT2D eigenvalue weighted by atomic mass is 19.1. The minimum absolute atomic E-state index is 0.0492. The number of aliphatic hydroxyl groups excluding tert-OH is 1. The largest absolute Gasteiger partial charge is 0.389 e. The topological polar surface area (TPSA) is 88.5 Å². The van der Waals surface area contributed by atoms with Gasteiger partial charge in [-0.25, -0.2) is 4.39 Å². The van der Waals surface area contributed by atoms with Crippen molar-refractivity contribution >= 4 is 11.8 Å². The van der Waals surface area contributed by atoms with Gasteiger partial charge in [-0.2, -0.15) is 0 Å².